The summed E-state index contributed by atoms with van der Waals surface area (Å²) in [5.74, 6) is 0.165. The van der Waals surface area contributed by atoms with Crippen LogP contribution in [0.4, 0.5) is 10.6 Å². The first kappa shape index (κ1) is 12.8. The zero-order valence-corrected chi connectivity index (χ0v) is 11.3. The van der Waals surface area contributed by atoms with Crippen LogP contribution in [0, 0.1) is 0 Å². The second kappa shape index (κ2) is 4.93. The molecular weight excluding hydrogens is 302 g/mol. The Balaban J connectivity index is 2.26. The third-order valence-electron chi connectivity index (χ3n) is 2.93. The number of nitrogens with one attached hydrogen (secondary N) is 1. The van der Waals surface area contributed by atoms with Crippen molar-refractivity contribution in [2.45, 2.75) is 18.9 Å². The number of fused-ring (bicyclic) bond motifs is 1. The molecule has 0 saturated carbocycles. The molecule has 0 fully saturated rings. The van der Waals surface area contributed by atoms with Crippen LogP contribution < -0.4 is 5.32 Å². The predicted molar refractivity (Wildman–Crippen MR) is 68.5 cm³/mol. The van der Waals surface area contributed by atoms with Crippen LogP contribution in [0.15, 0.2) is 16.7 Å². The summed E-state index contributed by atoms with van der Waals surface area (Å²) in [6.07, 6.45) is 1.53. The molecule has 0 bridgehead atoms. The molecular formula is C11H12BrN3O3. The van der Waals surface area contributed by atoms with Crippen molar-refractivity contribution < 1.29 is 14.7 Å². The number of aromatic nitrogens is 1. The standard InChI is InChI=1S/C11H12BrN3O3/c1-15(11(17)18)8-3-2-6-4-7(12)5-13-9(6)14-10(8)16/h4-5,8H,2-3H2,1H3,(H,17,18)(H,13,14,16). The Kier molecular flexibility index (Phi) is 3.51. The topological polar surface area (TPSA) is 82.5 Å². The number of nitrogens with zero attached hydrogens (tertiary/aromatic N) is 2. The van der Waals surface area contributed by atoms with Crippen LogP contribution in [0.5, 0.6) is 0 Å². The van der Waals surface area contributed by atoms with Gasteiger partial charge >= 0.3 is 6.09 Å². The van der Waals surface area contributed by atoms with Gasteiger partial charge in [-0.15, -0.1) is 0 Å². The number of hydrogen-bond acceptors (Lipinski definition) is 3. The lowest BCUT2D eigenvalue weighted by Gasteiger charge is -2.22. The number of amides is 2. The zero-order chi connectivity index (χ0) is 13.3. The normalized spacial score (nSPS) is 18.6. The minimum atomic E-state index is -1.12. The van der Waals surface area contributed by atoms with Crippen molar-refractivity contribution in [3.8, 4) is 0 Å². The van der Waals surface area contributed by atoms with Gasteiger partial charge in [-0.3, -0.25) is 9.69 Å². The SMILES string of the molecule is CN(C(=O)O)C1CCc2cc(Br)cnc2NC1=O. The Bertz CT molecular complexity index is 506. The lowest BCUT2D eigenvalue weighted by Crippen LogP contribution is -2.43. The smallest absolute Gasteiger partial charge is 0.407 e. The molecule has 1 aromatic heterocycles. The van der Waals surface area contributed by atoms with Gasteiger partial charge in [0.1, 0.15) is 11.9 Å². The van der Waals surface area contributed by atoms with E-state index >= 15 is 0 Å². The average Bonchev–Trinajstić information content (AvgIpc) is 2.46. The number of rotatable bonds is 1. The first-order chi connectivity index (χ1) is 8.49. The van der Waals surface area contributed by atoms with Crippen LogP contribution in [0.1, 0.15) is 12.0 Å². The first-order valence-corrected chi connectivity index (χ1v) is 6.19. The molecule has 0 saturated heterocycles. The number of likely N-dealkylation sites (N-methyl/N-ethyl adjacent to an activating group) is 1. The molecule has 0 spiro atoms. The van der Waals surface area contributed by atoms with Crippen molar-refractivity contribution in [1.82, 2.24) is 9.88 Å². The van der Waals surface area contributed by atoms with Crippen LogP contribution >= 0.6 is 15.9 Å². The Morgan fingerprint density at radius 3 is 3.06 bits per heavy atom. The van der Waals surface area contributed by atoms with E-state index in [1.807, 2.05) is 6.07 Å². The van der Waals surface area contributed by atoms with E-state index in [0.29, 0.717) is 18.7 Å². The second-order valence-corrected chi connectivity index (χ2v) is 5.01. The Morgan fingerprint density at radius 1 is 1.67 bits per heavy atom. The number of hydrogen-bond donors (Lipinski definition) is 2. The van der Waals surface area contributed by atoms with Crippen molar-refractivity contribution in [3.63, 3.8) is 0 Å². The highest BCUT2D eigenvalue weighted by Crippen LogP contribution is 2.24. The van der Waals surface area contributed by atoms with E-state index < -0.39 is 12.1 Å². The van der Waals surface area contributed by atoms with Gasteiger partial charge in [-0.25, -0.2) is 9.78 Å². The molecule has 1 atom stereocenters. The van der Waals surface area contributed by atoms with E-state index in [2.05, 4.69) is 26.2 Å². The number of anilines is 1. The fourth-order valence-corrected chi connectivity index (χ4v) is 2.29. The van der Waals surface area contributed by atoms with Crippen LogP contribution in [-0.2, 0) is 11.2 Å². The van der Waals surface area contributed by atoms with Crippen molar-refractivity contribution in [1.29, 1.82) is 0 Å². The number of aryl methyl sites for hydroxylation is 1. The Labute approximate surface area is 112 Å². The van der Waals surface area contributed by atoms with Gasteiger partial charge in [0.15, 0.2) is 0 Å². The van der Waals surface area contributed by atoms with Crippen LogP contribution in [0.25, 0.3) is 0 Å². The third-order valence-corrected chi connectivity index (χ3v) is 3.37. The maximum atomic E-state index is 11.9. The fourth-order valence-electron chi connectivity index (χ4n) is 1.91. The van der Waals surface area contributed by atoms with E-state index in [1.165, 1.54) is 7.05 Å². The summed E-state index contributed by atoms with van der Waals surface area (Å²) in [4.78, 5) is 28.0. The highest BCUT2D eigenvalue weighted by atomic mass is 79.9. The van der Waals surface area contributed by atoms with Gasteiger partial charge in [0.25, 0.3) is 0 Å². The number of carbonyl (C=O) groups is 2. The van der Waals surface area contributed by atoms with Gasteiger partial charge in [0.05, 0.1) is 0 Å². The van der Waals surface area contributed by atoms with Crippen molar-refractivity contribution >= 4 is 33.7 Å². The maximum Gasteiger partial charge on any atom is 0.407 e. The number of halogens is 1. The largest absolute Gasteiger partial charge is 0.465 e. The van der Waals surface area contributed by atoms with Gasteiger partial charge in [0, 0.05) is 17.7 Å². The molecule has 1 aliphatic rings. The van der Waals surface area contributed by atoms with E-state index in [9.17, 15) is 9.59 Å². The van der Waals surface area contributed by atoms with Gasteiger partial charge in [-0.1, -0.05) is 0 Å². The van der Waals surface area contributed by atoms with E-state index in [-0.39, 0.29) is 5.91 Å². The van der Waals surface area contributed by atoms with Crippen LogP contribution in [0.2, 0.25) is 0 Å². The Hall–Kier alpha value is -1.63. The second-order valence-electron chi connectivity index (χ2n) is 4.10. The van der Waals surface area contributed by atoms with Gasteiger partial charge in [-0.2, -0.15) is 0 Å². The fraction of sp³-hybridized carbons (Fsp3) is 0.364. The van der Waals surface area contributed by atoms with Crippen molar-refractivity contribution in [2.75, 3.05) is 12.4 Å². The molecule has 2 amide bonds. The molecule has 7 heteroatoms. The molecule has 0 aromatic carbocycles. The lowest BCUT2D eigenvalue weighted by atomic mass is 10.1. The molecule has 96 valence electrons. The molecule has 0 aliphatic carbocycles. The minimum Gasteiger partial charge on any atom is -0.465 e. The van der Waals surface area contributed by atoms with E-state index in [4.69, 9.17) is 5.11 Å². The predicted octanol–water partition coefficient (Wildman–Crippen LogP) is 1.71. The summed E-state index contributed by atoms with van der Waals surface area (Å²) in [5, 5.41) is 11.6. The molecule has 1 aliphatic heterocycles. The number of carbonyl (C=O) groups excluding carboxylic acids is 1. The van der Waals surface area contributed by atoms with Crippen LogP contribution in [0.3, 0.4) is 0 Å². The summed E-state index contributed by atoms with van der Waals surface area (Å²) in [5.41, 5.74) is 0.902. The quantitative estimate of drug-likeness (QED) is 0.826. The van der Waals surface area contributed by atoms with Crippen molar-refractivity contribution in [3.05, 3.63) is 22.3 Å². The van der Waals surface area contributed by atoms with Gasteiger partial charge < -0.3 is 10.4 Å². The molecule has 2 rings (SSSR count). The molecule has 6 nitrogen and oxygen atoms in total. The summed E-state index contributed by atoms with van der Waals surface area (Å²) < 4.78 is 0.834. The molecule has 18 heavy (non-hydrogen) atoms. The number of carboxylic acid groups (broad SMARTS) is 1. The highest BCUT2D eigenvalue weighted by molar-refractivity contribution is 9.10. The average molecular weight is 314 g/mol. The van der Waals surface area contributed by atoms with E-state index in [1.54, 1.807) is 6.20 Å². The third kappa shape index (κ3) is 2.45. The first-order valence-electron chi connectivity index (χ1n) is 5.40. The zero-order valence-electron chi connectivity index (χ0n) is 9.68. The summed E-state index contributed by atoms with van der Waals surface area (Å²) >= 11 is 3.32. The lowest BCUT2D eigenvalue weighted by molar-refractivity contribution is -0.120. The molecule has 1 aromatic rings. The maximum absolute atomic E-state index is 11.9. The number of pyridine rings is 1. The molecule has 0 radical (unpaired) electrons. The van der Waals surface area contributed by atoms with Gasteiger partial charge in [-0.05, 0) is 40.4 Å². The van der Waals surface area contributed by atoms with E-state index in [0.717, 1.165) is 14.9 Å². The molecule has 1 unspecified atom stereocenters. The van der Waals surface area contributed by atoms with Crippen molar-refractivity contribution in [2.24, 2.45) is 0 Å². The minimum absolute atomic E-state index is 0.339. The van der Waals surface area contributed by atoms with Crippen LogP contribution in [-0.4, -0.2) is 40.1 Å². The monoisotopic (exact) mass is 313 g/mol. The highest BCUT2D eigenvalue weighted by Gasteiger charge is 2.30. The summed E-state index contributed by atoms with van der Waals surface area (Å²) in [6, 6.07) is 1.20. The molecule has 2 heterocycles. The summed E-state index contributed by atoms with van der Waals surface area (Å²) in [7, 11) is 1.39. The molecule has 2 N–H and O–H groups in total. The summed E-state index contributed by atoms with van der Waals surface area (Å²) in [6.45, 7) is 0. The van der Waals surface area contributed by atoms with Gasteiger partial charge in [0.2, 0.25) is 5.91 Å². The Morgan fingerprint density at radius 2 is 2.39 bits per heavy atom.